The molecule has 1 aromatic heterocycles. The Balaban J connectivity index is 2.75. The summed E-state index contributed by atoms with van der Waals surface area (Å²) in [4.78, 5) is 11.7. The molecule has 0 aliphatic carbocycles. The molecule has 1 aromatic rings. The minimum Gasteiger partial charge on any atom is -0.343 e. The molecule has 0 spiro atoms. The van der Waals surface area contributed by atoms with Crippen molar-refractivity contribution in [3.63, 3.8) is 0 Å². The highest BCUT2D eigenvalue weighted by molar-refractivity contribution is 9.10. The molecule has 0 aliphatic rings. The lowest BCUT2D eigenvalue weighted by Crippen LogP contribution is -2.25. The van der Waals surface area contributed by atoms with Crippen molar-refractivity contribution in [2.75, 3.05) is 6.54 Å². The van der Waals surface area contributed by atoms with E-state index in [1.165, 1.54) is 0 Å². The summed E-state index contributed by atoms with van der Waals surface area (Å²) in [6.07, 6.45) is 1.89. The van der Waals surface area contributed by atoms with Crippen molar-refractivity contribution < 1.29 is 4.79 Å². The molecule has 0 radical (unpaired) electrons. The van der Waals surface area contributed by atoms with Crippen molar-refractivity contribution in [2.24, 2.45) is 0 Å². The van der Waals surface area contributed by atoms with Crippen LogP contribution in [-0.2, 0) is 6.54 Å². The number of hydrogen-bond donors (Lipinski definition) is 1. The van der Waals surface area contributed by atoms with Crippen LogP contribution in [-0.4, -0.2) is 17.0 Å². The molecule has 15 heavy (non-hydrogen) atoms. The van der Waals surface area contributed by atoms with Crippen LogP contribution in [0.25, 0.3) is 0 Å². The summed E-state index contributed by atoms with van der Waals surface area (Å²) in [7, 11) is 0. The van der Waals surface area contributed by atoms with Gasteiger partial charge in [0.05, 0.1) is 6.54 Å². The number of aromatic nitrogens is 1. The number of carbonyl (C=O) groups is 1. The maximum absolute atomic E-state index is 11.7. The highest BCUT2D eigenvalue weighted by atomic mass is 79.9. The van der Waals surface area contributed by atoms with Crippen molar-refractivity contribution in [2.45, 2.75) is 20.4 Å². The lowest BCUT2D eigenvalue weighted by Gasteiger charge is -2.04. The lowest BCUT2D eigenvalue weighted by atomic mass is 10.4. The molecule has 0 bridgehead atoms. The third-order valence-corrected chi connectivity index (χ3v) is 2.38. The zero-order valence-electron chi connectivity index (χ0n) is 8.80. The van der Waals surface area contributed by atoms with Gasteiger partial charge >= 0.3 is 0 Å². The smallest absolute Gasteiger partial charge is 0.268 e. The van der Waals surface area contributed by atoms with E-state index in [4.69, 9.17) is 0 Å². The van der Waals surface area contributed by atoms with E-state index >= 15 is 0 Å². The Morgan fingerprint density at radius 1 is 1.67 bits per heavy atom. The standard InChI is InChI=1S/C11H13BrN2O/c1-3-5-6-13-11(15)10-7-9(12)8-14(10)4-2/h7-8H,4,6H2,1-2H3,(H,13,15). The summed E-state index contributed by atoms with van der Waals surface area (Å²) in [5.41, 5.74) is 0.655. The van der Waals surface area contributed by atoms with E-state index in [-0.39, 0.29) is 5.91 Å². The van der Waals surface area contributed by atoms with Gasteiger partial charge in [-0.1, -0.05) is 5.92 Å². The molecule has 1 amide bonds. The first kappa shape index (κ1) is 11.9. The van der Waals surface area contributed by atoms with Gasteiger partial charge in [-0.25, -0.2) is 0 Å². The fourth-order valence-corrected chi connectivity index (χ4v) is 1.69. The minimum atomic E-state index is -0.0923. The summed E-state index contributed by atoms with van der Waals surface area (Å²) < 4.78 is 2.80. The quantitative estimate of drug-likeness (QED) is 0.837. The van der Waals surface area contributed by atoms with E-state index < -0.39 is 0 Å². The third-order valence-electron chi connectivity index (χ3n) is 1.95. The number of aryl methyl sites for hydroxylation is 1. The lowest BCUT2D eigenvalue weighted by molar-refractivity contribution is 0.0949. The highest BCUT2D eigenvalue weighted by Crippen LogP contribution is 2.14. The SMILES string of the molecule is CC#CCNC(=O)c1cc(Br)cn1CC. The summed E-state index contributed by atoms with van der Waals surface area (Å²) in [6, 6.07) is 1.80. The normalized spacial score (nSPS) is 9.27. The average Bonchev–Trinajstić information content (AvgIpc) is 2.60. The Morgan fingerprint density at radius 3 is 3.00 bits per heavy atom. The summed E-state index contributed by atoms with van der Waals surface area (Å²) in [5, 5.41) is 2.73. The Bertz CT molecular complexity index is 412. The van der Waals surface area contributed by atoms with Crippen LogP contribution in [0.2, 0.25) is 0 Å². The first-order chi connectivity index (χ1) is 7.19. The molecule has 0 saturated carbocycles. The minimum absolute atomic E-state index is 0.0923. The van der Waals surface area contributed by atoms with E-state index in [1.54, 1.807) is 13.0 Å². The number of nitrogens with one attached hydrogen (secondary N) is 1. The molecular weight excluding hydrogens is 256 g/mol. The molecule has 0 saturated heterocycles. The fourth-order valence-electron chi connectivity index (χ4n) is 1.23. The van der Waals surface area contributed by atoms with Crippen LogP contribution < -0.4 is 5.32 Å². The second-order valence-electron chi connectivity index (χ2n) is 2.94. The first-order valence-corrected chi connectivity index (χ1v) is 5.51. The molecule has 0 aromatic carbocycles. The van der Waals surface area contributed by atoms with Gasteiger partial charge in [-0.15, -0.1) is 5.92 Å². The van der Waals surface area contributed by atoms with Gasteiger partial charge in [0.15, 0.2) is 0 Å². The van der Waals surface area contributed by atoms with E-state index in [0.29, 0.717) is 12.2 Å². The van der Waals surface area contributed by atoms with Gasteiger partial charge in [-0.2, -0.15) is 0 Å². The second kappa shape index (κ2) is 5.62. The van der Waals surface area contributed by atoms with E-state index in [0.717, 1.165) is 11.0 Å². The van der Waals surface area contributed by atoms with Gasteiger partial charge in [0, 0.05) is 17.2 Å². The van der Waals surface area contributed by atoms with Crippen molar-refractivity contribution in [3.8, 4) is 11.8 Å². The van der Waals surface area contributed by atoms with Gasteiger partial charge in [-0.3, -0.25) is 4.79 Å². The Morgan fingerprint density at radius 2 is 2.40 bits per heavy atom. The Labute approximate surface area is 98.0 Å². The molecule has 0 unspecified atom stereocenters. The van der Waals surface area contributed by atoms with Crippen molar-refractivity contribution in [1.82, 2.24) is 9.88 Å². The number of rotatable bonds is 3. The van der Waals surface area contributed by atoms with Gasteiger partial charge < -0.3 is 9.88 Å². The number of carbonyl (C=O) groups excluding carboxylic acids is 1. The van der Waals surface area contributed by atoms with Gasteiger partial charge in [-0.05, 0) is 35.8 Å². The van der Waals surface area contributed by atoms with Gasteiger partial charge in [0.1, 0.15) is 5.69 Å². The largest absolute Gasteiger partial charge is 0.343 e. The zero-order valence-corrected chi connectivity index (χ0v) is 10.4. The summed E-state index contributed by atoms with van der Waals surface area (Å²) in [5.74, 6) is 5.43. The Kier molecular flexibility index (Phi) is 4.44. The average molecular weight is 269 g/mol. The maximum Gasteiger partial charge on any atom is 0.268 e. The Hall–Kier alpha value is -1.21. The van der Waals surface area contributed by atoms with Crippen LogP contribution in [0.1, 0.15) is 24.3 Å². The molecular formula is C11H13BrN2O. The molecule has 80 valence electrons. The van der Waals surface area contributed by atoms with Crippen LogP contribution >= 0.6 is 15.9 Å². The van der Waals surface area contributed by atoms with Crippen LogP contribution in [0, 0.1) is 11.8 Å². The number of halogens is 1. The van der Waals surface area contributed by atoms with Crippen molar-refractivity contribution in [3.05, 3.63) is 22.4 Å². The van der Waals surface area contributed by atoms with Crippen LogP contribution in [0.15, 0.2) is 16.7 Å². The van der Waals surface area contributed by atoms with E-state index in [1.807, 2.05) is 17.7 Å². The van der Waals surface area contributed by atoms with Crippen molar-refractivity contribution >= 4 is 21.8 Å². The number of amides is 1. The number of hydrogen-bond acceptors (Lipinski definition) is 1. The molecule has 0 fully saturated rings. The van der Waals surface area contributed by atoms with E-state index in [9.17, 15) is 4.79 Å². The summed E-state index contributed by atoms with van der Waals surface area (Å²) >= 11 is 3.35. The monoisotopic (exact) mass is 268 g/mol. The molecule has 4 heteroatoms. The van der Waals surface area contributed by atoms with Crippen LogP contribution in [0.4, 0.5) is 0 Å². The van der Waals surface area contributed by atoms with Gasteiger partial charge in [0.25, 0.3) is 5.91 Å². The predicted molar refractivity (Wildman–Crippen MR) is 63.6 cm³/mol. The van der Waals surface area contributed by atoms with Crippen molar-refractivity contribution in [1.29, 1.82) is 0 Å². The van der Waals surface area contributed by atoms with Crippen LogP contribution in [0.3, 0.4) is 0 Å². The maximum atomic E-state index is 11.7. The fraction of sp³-hybridized carbons (Fsp3) is 0.364. The first-order valence-electron chi connectivity index (χ1n) is 4.72. The molecule has 0 atom stereocenters. The summed E-state index contributed by atoms with van der Waals surface area (Å²) in [6.45, 7) is 4.90. The zero-order chi connectivity index (χ0) is 11.3. The van der Waals surface area contributed by atoms with Crippen LogP contribution in [0.5, 0.6) is 0 Å². The molecule has 0 aliphatic heterocycles. The topological polar surface area (TPSA) is 34.0 Å². The molecule has 1 heterocycles. The highest BCUT2D eigenvalue weighted by Gasteiger charge is 2.10. The second-order valence-corrected chi connectivity index (χ2v) is 3.85. The molecule has 1 N–H and O–H groups in total. The predicted octanol–water partition coefficient (Wildman–Crippen LogP) is 2.02. The third kappa shape index (κ3) is 3.14. The van der Waals surface area contributed by atoms with E-state index in [2.05, 4.69) is 33.1 Å². The molecule has 3 nitrogen and oxygen atoms in total. The van der Waals surface area contributed by atoms with Gasteiger partial charge in [0.2, 0.25) is 0 Å². The molecule has 1 rings (SSSR count). The number of nitrogens with zero attached hydrogens (tertiary/aromatic N) is 1.